The Labute approximate surface area is 107 Å². The molecule has 3 aromatic rings. The number of amides is 1. The fourth-order valence-electron chi connectivity index (χ4n) is 1.75. The van der Waals surface area contributed by atoms with Gasteiger partial charge in [0.05, 0.1) is 5.69 Å². The quantitative estimate of drug-likeness (QED) is 0.765. The Kier molecular flexibility index (Phi) is 2.72. The molecule has 1 heterocycles. The molecule has 1 N–H and O–H groups in total. The Hall–Kier alpha value is -2.69. The molecule has 2 aromatic carbocycles. The third-order valence-corrected chi connectivity index (χ3v) is 2.72. The van der Waals surface area contributed by atoms with Crippen molar-refractivity contribution in [2.24, 2.45) is 0 Å². The van der Waals surface area contributed by atoms with Crippen molar-refractivity contribution in [1.29, 1.82) is 0 Å². The topological polar surface area (TPSA) is 55.1 Å². The smallest absolute Gasteiger partial charge is 0.255 e. The molecule has 0 atom stereocenters. The standard InChI is InChI=1S/C14H9FN2O2/c15-10-3-1-2-4-11(10)17-14(18)9-5-6-12-13(7-9)19-8-16-12/h1-8H,(H,17,18). The number of fused-ring (bicyclic) bond motifs is 1. The third kappa shape index (κ3) is 2.18. The molecule has 0 saturated heterocycles. The lowest BCUT2D eigenvalue weighted by Gasteiger charge is -2.05. The predicted molar refractivity (Wildman–Crippen MR) is 68.4 cm³/mol. The molecule has 1 aromatic heterocycles. The first-order chi connectivity index (χ1) is 9.24. The fourth-order valence-corrected chi connectivity index (χ4v) is 1.75. The Balaban J connectivity index is 1.89. The van der Waals surface area contributed by atoms with Gasteiger partial charge in [-0.25, -0.2) is 9.37 Å². The van der Waals surface area contributed by atoms with E-state index in [0.717, 1.165) is 0 Å². The fraction of sp³-hybridized carbons (Fsp3) is 0. The summed E-state index contributed by atoms with van der Waals surface area (Å²) in [6.45, 7) is 0. The van der Waals surface area contributed by atoms with Crippen LogP contribution in [0.2, 0.25) is 0 Å². The van der Waals surface area contributed by atoms with Crippen LogP contribution in [0.5, 0.6) is 0 Å². The molecule has 1 amide bonds. The summed E-state index contributed by atoms with van der Waals surface area (Å²) in [6, 6.07) is 10.9. The Morgan fingerprint density at radius 2 is 2.05 bits per heavy atom. The maximum atomic E-state index is 13.4. The molecule has 4 nitrogen and oxygen atoms in total. The van der Waals surface area contributed by atoms with Gasteiger partial charge >= 0.3 is 0 Å². The van der Waals surface area contributed by atoms with E-state index in [2.05, 4.69) is 10.3 Å². The Morgan fingerprint density at radius 1 is 1.21 bits per heavy atom. The van der Waals surface area contributed by atoms with Crippen LogP contribution in [-0.4, -0.2) is 10.9 Å². The van der Waals surface area contributed by atoms with Crippen molar-refractivity contribution in [2.75, 3.05) is 5.32 Å². The zero-order valence-corrected chi connectivity index (χ0v) is 9.76. The highest BCUT2D eigenvalue weighted by Crippen LogP contribution is 2.17. The Bertz CT molecular complexity index is 752. The van der Waals surface area contributed by atoms with E-state index in [4.69, 9.17) is 4.42 Å². The lowest BCUT2D eigenvalue weighted by atomic mass is 10.2. The van der Waals surface area contributed by atoms with Crippen LogP contribution in [0.1, 0.15) is 10.4 Å². The second-order valence-electron chi connectivity index (χ2n) is 3.97. The first kappa shape index (κ1) is 11.4. The van der Waals surface area contributed by atoms with Crippen molar-refractivity contribution in [1.82, 2.24) is 4.98 Å². The maximum Gasteiger partial charge on any atom is 0.255 e. The van der Waals surface area contributed by atoms with Gasteiger partial charge in [0, 0.05) is 5.56 Å². The van der Waals surface area contributed by atoms with Crippen molar-refractivity contribution in [2.45, 2.75) is 0 Å². The summed E-state index contributed by atoms with van der Waals surface area (Å²) in [7, 11) is 0. The highest BCUT2D eigenvalue weighted by atomic mass is 19.1. The minimum Gasteiger partial charge on any atom is -0.443 e. The van der Waals surface area contributed by atoms with Crippen molar-refractivity contribution >= 4 is 22.7 Å². The largest absolute Gasteiger partial charge is 0.443 e. The SMILES string of the molecule is O=C(Nc1ccccc1F)c1ccc2ncoc2c1. The van der Waals surface area contributed by atoms with Crippen molar-refractivity contribution < 1.29 is 13.6 Å². The normalized spacial score (nSPS) is 10.6. The zero-order valence-electron chi connectivity index (χ0n) is 9.76. The van der Waals surface area contributed by atoms with E-state index in [1.807, 2.05) is 0 Å². The van der Waals surface area contributed by atoms with Crippen LogP contribution < -0.4 is 5.32 Å². The first-order valence-electron chi connectivity index (χ1n) is 5.63. The molecule has 3 rings (SSSR count). The number of benzene rings is 2. The van der Waals surface area contributed by atoms with E-state index < -0.39 is 11.7 Å². The average molecular weight is 256 g/mol. The molecule has 0 spiro atoms. The van der Waals surface area contributed by atoms with Gasteiger partial charge in [0.2, 0.25) is 0 Å². The molecule has 0 aliphatic carbocycles. The molecule has 19 heavy (non-hydrogen) atoms. The molecule has 0 unspecified atom stereocenters. The van der Waals surface area contributed by atoms with Crippen LogP contribution in [0, 0.1) is 5.82 Å². The number of halogens is 1. The number of aromatic nitrogens is 1. The summed E-state index contributed by atoms with van der Waals surface area (Å²) in [5.41, 5.74) is 1.71. The minimum atomic E-state index is -0.475. The monoisotopic (exact) mass is 256 g/mol. The van der Waals surface area contributed by atoms with Gasteiger partial charge in [-0.1, -0.05) is 12.1 Å². The molecular weight excluding hydrogens is 247 g/mol. The zero-order chi connectivity index (χ0) is 13.2. The molecule has 0 aliphatic rings. The predicted octanol–water partition coefficient (Wildman–Crippen LogP) is 3.22. The van der Waals surface area contributed by atoms with Gasteiger partial charge in [0.25, 0.3) is 5.91 Å². The van der Waals surface area contributed by atoms with Crippen LogP contribution in [0.4, 0.5) is 10.1 Å². The summed E-state index contributed by atoms with van der Waals surface area (Å²) in [6.07, 6.45) is 1.31. The van der Waals surface area contributed by atoms with Crippen LogP contribution in [0.25, 0.3) is 11.1 Å². The molecule has 94 valence electrons. The van der Waals surface area contributed by atoms with Crippen LogP contribution >= 0.6 is 0 Å². The molecule has 0 fully saturated rings. The second-order valence-corrected chi connectivity index (χ2v) is 3.97. The molecule has 5 heteroatoms. The van der Waals surface area contributed by atoms with Gasteiger partial charge in [-0.05, 0) is 30.3 Å². The van der Waals surface area contributed by atoms with Gasteiger partial charge < -0.3 is 9.73 Å². The van der Waals surface area contributed by atoms with Gasteiger partial charge in [0.15, 0.2) is 12.0 Å². The van der Waals surface area contributed by atoms with Crippen LogP contribution in [0.3, 0.4) is 0 Å². The lowest BCUT2D eigenvalue weighted by Crippen LogP contribution is -2.12. The van der Waals surface area contributed by atoms with E-state index in [9.17, 15) is 9.18 Å². The van der Waals surface area contributed by atoms with Crippen molar-refractivity contribution in [3.8, 4) is 0 Å². The Morgan fingerprint density at radius 3 is 2.89 bits per heavy atom. The van der Waals surface area contributed by atoms with E-state index in [1.165, 1.54) is 18.5 Å². The minimum absolute atomic E-state index is 0.144. The van der Waals surface area contributed by atoms with E-state index >= 15 is 0 Å². The molecule has 0 bridgehead atoms. The number of carbonyl (C=O) groups is 1. The highest BCUT2D eigenvalue weighted by Gasteiger charge is 2.10. The van der Waals surface area contributed by atoms with Crippen molar-refractivity contribution in [3.05, 3.63) is 60.2 Å². The van der Waals surface area contributed by atoms with Gasteiger partial charge in [-0.3, -0.25) is 4.79 Å². The van der Waals surface area contributed by atoms with Gasteiger partial charge in [0.1, 0.15) is 11.3 Å². The third-order valence-electron chi connectivity index (χ3n) is 2.72. The first-order valence-corrected chi connectivity index (χ1v) is 5.63. The number of nitrogens with one attached hydrogen (secondary N) is 1. The summed E-state index contributed by atoms with van der Waals surface area (Å²) in [5, 5.41) is 2.51. The molecule has 0 aliphatic heterocycles. The molecule has 0 radical (unpaired) electrons. The number of rotatable bonds is 2. The highest BCUT2D eigenvalue weighted by molar-refractivity contribution is 6.05. The number of para-hydroxylation sites is 1. The molecule has 0 saturated carbocycles. The van der Waals surface area contributed by atoms with Crippen molar-refractivity contribution in [3.63, 3.8) is 0 Å². The maximum absolute atomic E-state index is 13.4. The van der Waals surface area contributed by atoms with E-state index in [1.54, 1.807) is 30.3 Å². The van der Waals surface area contributed by atoms with E-state index in [0.29, 0.717) is 16.7 Å². The number of hydrogen-bond acceptors (Lipinski definition) is 3. The molecular formula is C14H9FN2O2. The van der Waals surface area contributed by atoms with Crippen LogP contribution in [0.15, 0.2) is 53.3 Å². The number of nitrogens with zero attached hydrogens (tertiary/aromatic N) is 1. The number of hydrogen-bond donors (Lipinski definition) is 1. The summed E-state index contributed by atoms with van der Waals surface area (Å²) in [5.74, 6) is -0.875. The van der Waals surface area contributed by atoms with E-state index in [-0.39, 0.29) is 5.69 Å². The lowest BCUT2D eigenvalue weighted by molar-refractivity contribution is 0.102. The number of anilines is 1. The number of oxazole rings is 1. The van der Waals surface area contributed by atoms with Gasteiger partial charge in [-0.15, -0.1) is 0 Å². The number of carbonyl (C=O) groups excluding carboxylic acids is 1. The summed E-state index contributed by atoms with van der Waals surface area (Å²) >= 11 is 0. The summed E-state index contributed by atoms with van der Waals surface area (Å²) in [4.78, 5) is 16.0. The van der Waals surface area contributed by atoms with Gasteiger partial charge in [-0.2, -0.15) is 0 Å². The summed E-state index contributed by atoms with van der Waals surface area (Å²) < 4.78 is 18.5. The average Bonchev–Trinajstić information content (AvgIpc) is 2.88. The second kappa shape index (κ2) is 4.53. The van der Waals surface area contributed by atoms with Crippen LogP contribution in [-0.2, 0) is 0 Å².